The van der Waals surface area contributed by atoms with Gasteiger partial charge in [0.2, 0.25) is 5.91 Å². The van der Waals surface area contributed by atoms with Crippen molar-refractivity contribution in [2.24, 2.45) is 5.92 Å². The second kappa shape index (κ2) is 6.58. The average Bonchev–Trinajstić information content (AvgIpc) is 2.45. The summed E-state index contributed by atoms with van der Waals surface area (Å²) in [4.78, 5) is 18.2. The SMILES string of the molecule is C[C@H]1CCCN(C(=O)CSc2ncccc2C#N)C1. The smallest absolute Gasteiger partial charge is 0.232 e. The van der Waals surface area contributed by atoms with E-state index in [4.69, 9.17) is 5.26 Å². The largest absolute Gasteiger partial charge is 0.342 e. The summed E-state index contributed by atoms with van der Waals surface area (Å²) in [5.74, 6) is 1.09. The summed E-state index contributed by atoms with van der Waals surface area (Å²) in [7, 11) is 0. The molecule has 100 valence electrons. The zero-order chi connectivity index (χ0) is 13.7. The van der Waals surface area contributed by atoms with Gasteiger partial charge in [-0.3, -0.25) is 4.79 Å². The molecule has 1 aliphatic rings. The van der Waals surface area contributed by atoms with Crippen LogP contribution in [0, 0.1) is 17.2 Å². The number of thioether (sulfide) groups is 1. The van der Waals surface area contributed by atoms with Crippen LogP contribution in [0.1, 0.15) is 25.3 Å². The second-order valence-corrected chi connectivity index (χ2v) is 5.81. The Morgan fingerprint density at radius 2 is 2.53 bits per heavy atom. The molecule has 0 bridgehead atoms. The Morgan fingerprint density at radius 1 is 1.68 bits per heavy atom. The fraction of sp³-hybridized carbons (Fsp3) is 0.500. The van der Waals surface area contributed by atoms with Gasteiger partial charge in [-0.2, -0.15) is 5.26 Å². The van der Waals surface area contributed by atoms with Gasteiger partial charge in [0.25, 0.3) is 0 Å². The van der Waals surface area contributed by atoms with Crippen LogP contribution in [-0.4, -0.2) is 34.6 Å². The van der Waals surface area contributed by atoms with Gasteiger partial charge in [0.15, 0.2) is 0 Å². The maximum atomic E-state index is 12.1. The third-order valence-corrected chi connectivity index (χ3v) is 4.22. The molecule has 1 aromatic heterocycles. The van der Waals surface area contributed by atoms with E-state index in [2.05, 4.69) is 18.0 Å². The van der Waals surface area contributed by atoms with Crippen LogP contribution >= 0.6 is 11.8 Å². The first kappa shape index (κ1) is 13.9. The van der Waals surface area contributed by atoms with Crippen LogP contribution < -0.4 is 0 Å². The first-order chi connectivity index (χ1) is 9.20. The predicted octanol–water partition coefficient (Wildman–Crippen LogP) is 2.30. The van der Waals surface area contributed by atoms with Gasteiger partial charge >= 0.3 is 0 Å². The summed E-state index contributed by atoms with van der Waals surface area (Å²) in [5, 5.41) is 9.61. The van der Waals surface area contributed by atoms with Crippen molar-refractivity contribution < 1.29 is 4.79 Å². The Kier molecular flexibility index (Phi) is 4.80. The van der Waals surface area contributed by atoms with Gasteiger partial charge in [-0.05, 0) is 30.9 Å². The molecule has 0 aromatic carbocycles. The number of rotatable bonds is 3. The van der Waals surface area contributed by atoms with Crippen molar-refractivity contribution in [2.75, 3.05) is 18.8 Å². The number of likely N-dealkylation sites (tertiary alicyclic amines) is 1. The zero-order valence-electron chi connectivity index (χ0n) is 11.0. The molecule has 5 heteroatoms. The first-order valence-electron chi connectivity index (χ1n) is 6.46. The highest BCUT2D eigenvalue weighted by Crippen LogP contribution is 2.21. The van der Waals surface area contributed by atoms with Crippen LogP contribution in [-0.2, 0) is 4.79 Å². The molecule has 1 fully saturated rings. The number of piperidine rings is 1. The molecule has 1 amide bonds. The van der Waals surface area contributed by atoms with Crippen LogP contribution in [0.5, 0.6) is 0 Å². The van der Waals surface area contributed by atoms with Crippen molar-refractivity contribution in [3.63, 3.8) is 0 Å². The highest BCUT2D eigenvalue weighted by molar-refractivity contribution is 7.99. The Bertz CT molecular complexity index is 498. The molecule has 0 N–H and O–H groups in total. The van der Waals surface area contributed by atoms with E-state index in [-0.39, 0.29) is 5.91 Å². The van der Waals surface area contributed by atoms with Crippen LogP contribution in [0.15, 0.2) is 23.4 Å². The normalized spacial score (nSPS) is 18.9. The lowest BCUT2D eigenvalue weighted by Crippen LogP contribution is -2.40. The van der Waals surface area contributed by atoms with Gasteiger partial charge in [0.1, 0.15) is 11.1 Å². The number of amides is 1. The lowest BCUT2D eigenvalue weighted by atomic mass is 10.0. The molecule has 0 saturated carbocycles. The minimum Gasteiger partial charge on any atom is -0.342 e. The molecule has 1 saturated heterocycles. The van der Waals surface area contributed by atoms with Gasteiger partial charge in [-0.15, -0.1) is 0 Å². The summed E-state index contributed by atoms with van der Waals surface area (Å²) in [6.07, 6.45) is 3.94. The number of pyridine rings is 1. The summed E-state index contributed by atoms with van der Waals surface area (Å²) >= 11 is 1.35. The van der Waals surface area contributed by atoms with Crippen LogP contribution in [0.4, 0.5) is 0 Å². The summed E-state index contributed by atoms with van der Waals surface area (Å²) < 4.78 is 0. The molecular formula is C14H17N3OS. The van der Waals surface area contributed by atoms with Crippen molar-refractivity contribution in [2.45, 2.75) is 24.8 Å². The molecule has 1 atom stereocenters. The van der Waals surface area contributed by atoms with Crippen molar-refractivity contribution in [1.29, 1.82) is 5.26 Å². The molecular weight excluding hydrogens is 258 g/mol. The van der Waals surface area contributed by atoms with E-state index in [9.17, 15) is 4.79 Å². The number of nitrogens with zero attached hydrogens (tertiary/aromatic N) is 3. The third-order valence-electron chi connectivity index (χ3n) is 3.23. The first-order valence-corrected chi connectivity index (χ1v) is 7.45. The van der Waals surface area contributed by atoms with Crippen molar-refractivity contribution >= 4 is 17.7 Å². The third kappa shape index (κ3) is 3.71. The fourth-order valence-corrected chi connectivity index (χ4v) is 3.08. The van der Waals surface area contributed by atoms with Crippen molar-refractivity contribution in [3.8, 4) is 6.07 Å². The number of nitriles is 1. The number of hydrogen-bond acceptors (Lipinski definition) is 4. The Labute approximate surface area is 117 Å². The van der Waals surface area contributed by atoms with Gasteiger partial charge in [-0.1, -0.05) is 18.7 Å². The molecule has 0 spiro atoms. The lowest BCUT2D eigenvalue weighted by molar-refractivity contribution is -0.130. The van der Waals surface area contributed by atoms with Gasteiger partial charge in [0, 0.05) is 19.3 Å². The average molecular weight is 275 g/mol. The zero-order valence-corrected chi connectivity index (χ0v) is 11.8. The maximum absolute atomic E-state index is 12.1. The number of carbonyl (C=O) groups excluding carboxylic acids is 1. The molecule has 0 aliphatic carbocycles. The monoisotopic (exact) mass is 275 g/mol. The van der Waals surface area contributed by atoms with Gasteiger partial charge in [0.05, 0.1) is 11.3 Å². The fourth-order valence-electron chi connectivity index (χ4n) is 2.23. The van der Waals surface area contributed by atoms with Crippen LogP contribution in [0.3, 0.4) is 0 Å². The van der Waals surface area contributed by atoms with E-state index in [0.29, 0.717) is 22.3 Å². The molecule has 1 aliphatic heterocycles. The molecule has 2 heterocycles. The highest BCUT2D eigenvalue weighted by atomic mass is 32.2. The Balaban J connectivity index is 1.91. The van der Waals surface area contributed by atoms with E-state index in [1.165, 1.54) is 18.2 Å². The topological polar surface area (TPSA) is 57.0 Å². The number of aromatic nitrogens is 1. The van der Waals surface area contributed by atoms with Gasteiger partial charge in [-0.25, -0.2) is 4.98 Å². The number of carbonyl (C=O) groups is 1. The molecule has 4 nitrogen and oxygen atoms in total. The minimum atomic E-state index is 0.145. The van der Waals surface area contributed by atoms with Gasteiger partial charge < -0.3 is 4.90 Å². The molecule has 0 unspecified atom stereocenters. The van der Waals surface area contributed by atoms with E-state index in [0.717, 1.165) is 19.5 Å². The lowest BCUT2D eigenvalue weighted by Gasteiger charge is -2.30. The van der Waals surface area contributed by atoms with E-state index >= 15 is 0 Å². The standard InChI is InChI=1S/C14H17N3OS/c1-11-4-3-7-17(9-11)13(18)10-19-14-12(8-15)5-2-6-16-14/h2,5-6,11H,3-4,7,9-10H2,1H3/t11-/m0/s1. The Hall–Kier alpha value is -1.54. The molecule has 19 heavy (non-hydrogen) atoms. The van der Waals surface area contributed by atoms with E-state index < -0.39 is 0 Å². The molecule has 2 rings (SSSR count). The molecule has 0 radical (unpaired) electrons. The summed E-state index contributed by atoms with van der Waals surface area (Å²) in [5.41, 5.74) is 0.535. The summed E-state index contributed by atoms with van der Waals surface area (Å²) in [6, 6.07) is 5.56. The van der Waals surface area contributed by atoms with Crippen LogP contribution in [0.25, 0.3) is 0 Å². The van der Waals surface area contributed by atoms with E-state index in [1.807, 2.05) is 4.90 Å². The summed E-state index contributed by atoms with van der Waals surface area (Å²) in [6.45, 7) is 3.89. The minimum absolute atomic E-state index is 0.145. The predicted molar refractivity (Wildman–Crippen MR) is 74.7 cm³/mol. The Morgan fingerprint density at radius 3 is 3.26 bits per heavy atom. The number of hydrogen-bond donors (Lipinski definition) is 0. The van der Waals surface area contributed by atoms with Crippen LogP contribution in [0.2, 0.25) is 0 Å². The maximum Gasteiger partial charge on any atom is 0.232 e. The van der Waals surface area contributed by atoms with E-state index in [1.54, 1.807) is 18.3 Å². The van der Waals surface area contributed by atoms with Crippen molar-refractivity contribution in [3.05, 3.63) is 23.9 Å². The van der Waals surface area contributed by atoms with Crippen molar-refractivity contribution in [1.82, 2.24) is 9.88 Å². The second-order valence-electron chi connectivity index (χ2n) is 4.84. The molecule has 1 aromatic rings. The highest BCUT2D eigenvalue weighted by Gasteiger charge is 2.21. The quantitative estimate of drug-likeness (QED) is 0.794.